The number of rotatable bonds is 2. The van der Waals surface area contributed by atoms with Gasteiger partial charge in [0, 0.05) is 30.2 Å². The molecule has 0 spiro atoms. The molecule has 0 bridgehead atoms. The molecule has 0 saturated carbocycles. The first-order chi connectivity index (χ1) is 8.20. The molecule has 1 heterocycles. The van der Waals surface area contributed by atoms with E-state index < -0.39 is 0 Å². The standard InChI is InChI=1S/C15H20N2/c1-11-5-4-6-14(16-3)9-15(11)13-8-7-12(2)17-10-13/h7-10,16H,4-6H2,1-3H3. The highest BCUT2D eigenvalue weighted by Gasteiger charge is 2.10. The lowest BCUT2D eigenvalue weighted by molar-refractivity contribution is 0.767. The van der Waals surface area contributed by atoms with Gasteiger partial charge in [0.05, 0.1) is 0 Å². The Morgan fingerprint density at radius 2 is 2.00 bits per heavy atom. The van der Waals surface area contributed by atoms with Crippen LogP contribution in [-0.4, -0.2) is 12.0 Å². The number of aryl methyl sites for hydroxylation is 1. The van der Waals surface area contributed by atoms with Gasteiger partial charge in [0.15, 0.2) is 0 Å². The van der Waals surface area contributed by atoms with Crippen molar-refractivity contribution in [2.45, 2.75) is 33.1 Å². The fourth-order valence-electron chi connectivity index (χ4n) is 2.20. The van der Waals surface area contributed by atoms with Crippen LogP contribution in [0.2, 0.25) is 0 Å². The summed E-state index contributed by atoms with van der Waals surface area (Å²) in [6.45, 7) is 4.25. The van der Waals surface area contributed by atoms with Gasteiger partial charge in [0.1, 0.15) is 0 Å². The van der Waals surface area contributed by atoms with Gasteiger partial charge >= 0.3 is 0 Å². The second-order valence-electron chi connectivity index (χ2n) is 4.66. The van der Waals surface area contributed by atoms with E-state index in [1.54, 1.807) is 0 Å². The summed E-state index contributed by atoms with van der Waals surface area (Å²) in [5.74, 6) is 0. The topological polar surface area (TPSA) is 24.9 Å². The maximum absolute atomic E-state index is 4.39. The second kappa shape index (κ2) is 5.17. The minimum Gasteiger partial charge on any atom is -0.391 e. The predicted molar refractivity (Wildman–Crippen MR) is 72.6 cm³/mol. The van der Waals surface area contributed by atoms with Crippen molar-refractivity contribution < 1.29 is 0 Å². The van der Waals surface area contributed by atoms with E-state index in [-0.39, 0.29) is 0 Å². The van der Waals surface area contributed by atoms with E-state index in [1.165, 1.54) is 35.2 Å². The van der Waals surface area contributed by atoms with Crippen LogP contribution in [-0.2, 0) is 0 Å². The van der Waals surface area contributed by atoms with Crippen LogP contribution in [0.3, 0.4) is 0 Å². The zero-order valence-corrected chi connectivity index (χ0v) is 10.9. The lowest BCUT2D eigenvalue weighted by atomic mass is 10.0. The fraction of sp³-hybridized carbons (Fsp3) is 0.400. The monoisotopic (exact) mass is 228 g/mol. The smallest absolute Gasteiger partial charge is 0.0373 e. The molecule has 1 aromatic heterocycles. The molecule has 2 nitrogen and oxygen atoms in total. The molecule has 0 fully saturated rings. The molecule has 0 atom stereocenters. The van der Waals surface area contributed by atoms with Crippen molar-refractivity contribution in [1.82, 2.24) is 10.3 Å². The first-order valence-corrected chi connectivity index (χ1v) is 6.22. The summed E-state index contributed by atoms with van der Waals surface area (Å²) in [5.41, 5.74) is 6.40. The minimum absolute atomic E-state index is 1.07. The fourth-order valence-corrected chi connectivity index (χ4v) is 2.20. The second-order valence-corrected chi connectivity index (χ2v) is 4.66. The third kappa shape index (κ3) is 2.76. The molecule has 0 radical (unpaired) electrons. The zero-order valence-electron chi connectivity index (χ0n) is 10.9. The van der Waals surface area contributed by atoms with Gasteiger partial charge in [0.2, 0.25) is 0 Å². The molecule has 2 heteroatoms. The van der Waals surface area contributed by atoms with Crippen molar-refractivity contribution in [3.05, 3.63) is 46.9 Å². The molecule has 0 aliphatic heterocycles. The molecule has 1 N–H and O–H groups in total. The van der Waals surface area contributed by atoms with Crippen LogP contribution in [0.4, 0.5) is 0 Å². The Hall–Kier alpha value is -1.57. The Labute approximate surface area is 103 Å². The van der Waals surface area contributed by atoms with Gasteiger partial charge in [-0.15, -0.1) is 0 Å². The van der Waals surface area contributed by atoms with Gasteiger partial charge in [-0.3, -0.25) is 4.98 Å². The Bertz CT molecular complexity index is 452. The number of hydrogen-bond acceptors (Lipinski definition) is 2. The van der Waals surface area contributed by atoms with Crippen molar-refractivity contribution in [2.24, 2.45) is 0 Å². The maximum Gasteiger partial charge on any atom is 0.0373 e. The number of nitrogens with zero attached hydrogens (tertiary/aromatic N) is 1. The van der Waals surface area contributed by atoms with Crippen molar-refractivity contribution in [3.8, 4) is 0 Å². The zero-order chi connectivity index (χ0) is 12.3. The van der Waals surface area contributed by atoms with Gasteiger partial charge in [0.25, 0.3) is 0 Å². The number of aromatic nitrogens is 1. The Morgan fingerprint density at radius 1 is 1.18 bits per heavy atom. The van der Waals surface area contributed by atoms with E-state index in [0.29, 0.717) is 0 Å². The van der Waals surface area contributed by atoms with Crippen molar-refractivity contribution >= 4 is 5.57 Å². The maximum atomic E-state index is 4.39. The van der Waals surface area contributed by atoms with E-state index in [4.69, 9.17) is 0 Å². The number of allylic oxidation sites excluding steroid dienone is 4. The average Bonchev–Trinajstić information content (AvgIpc) is 2.52. The molecule has 0 unspecified atom stereocenters. The largest absolute Gasteiger partial charge is 0.391 e. The SMILES string of the molecule is CNC1=CC(c2ccc(C)nc2)=C(C)CCC1. The number of hydrogen-bond donors (Lipinski definition) is 1. The average molecular weight is 228 g/mol. The van der Waals surface area contributed by atoms with Crippen LogP contribution in [0, 0.1) is 6.92 Å². The highest BCUT2D eigenvalue weighted by Crippen LogP contribution is 2.28. The van der Waals surface area contributed by atoms with Crippen LogP contribution >= 0.6 is 0 Å². The van der Waals surface area contributed by atoms with Gasteiger partial charge < -0.3 is 5.32 Å². The summed E-state index contributed by atoms with van der Waals surface area (Å²) in [6, 6.07) is 4.24. The Morgan fingerprint density at radius 3 is 2.65 bits per heavy atom. The van der Waals surface area contributed by atoms with Crippen LogP contribution in [0.5, 0.6) is 0 Å². The van der Waals surface area contributed by atoms with Gasteiger partial charge in [-0.05, 0) is 50.8 Å². The highest BCUT2D eigenvalue weighted by atomic mass is 14.8. The summed E-state index contributed by atoms with van der Waals surface area (Å²) < 4.78 is 0. The first kappa shape index (κ1) is 11.9. The van der Waals surface area contributed by atoms with Gasteiger partial charge in [-0.1, -0.05) is 11.6 Å². The first-order valence-electron chi connectivity index (χ1n) is 6.22. The molecule has 1 aliphatic rings. The van der Waals surface area contributed by atoms with Crippen LogP contribution in [0.15, 0.2) is 35.7 Å². The lowest BCUT2D eigenvalue weighted by Gasteiger charge is -2.08. The normalized spacial score (nSPS) is 16.5. The van der Waals surface area contributed by atoms with Crippen molar-refractivity contribution in [1.29, 1.82) is 0 Å². The van der Waals surface area contributed by atoms with Crippen LogP contribution in [0.1, 0.15) is 37.4 Å². The number of nitrogens with one attached hydrogen (secondary N) is 1. The molecular formula is C15H20N2. The minimum atomic E-state index is 1.07. The molecule has 0 aromatic carbocycles. The molecule has 1 aliphatic carbocycles. The van der Waals surface area contributed by atoms with Crippen molar-refractivity contribution in [3.63, 3.8) is 0 Å². The lowest BCUT2D eigenvalue weighted by Crippen LogP contribution is -2.05. The van der Waals surface area contributed by atoms with E-state index in [0.717, 1.165) is 12.1 Å². The van der Waals surface area contributed by atoms with Gasteiger partial charge in [-0.2, -0.15) is 0 Å². The molecule has 17 heavy (non-hydrogen) atoms. The van der Waals surface area contributed by atoms with Crippen LogP contribution < -0.4 is 5.32 Å². The Kier molecular flexibility index (Phi) is 3.62. The predicted octanol–water partition coefficient (Wildman–Crippen LogP) is 3.45. The molecular weight excluding hydrogens is 208 g/mol. The molecule has 1 aromatic rings. The summed E-state index contributed by atoms with van der Waals surface area (Å²) in [5, 5.41) is 3.28. The molecule has 90 valence electrons. The van der Waals surface area contributed by atoms with E-state index in [2.05, 4.69) is 35.4 Å². The van der Waals surface area contributed by atoms with Gasteiger partial charge in [-0.25, -0.2) is 0 Å². The van der Waals surface area contributed by atoms with Crippen molar-refractivity contribution in [2.75, 3.05) is 7.05 Å². The summed E-state index contributed by atoms with van der Waals surface area (Å²) in [6.07, 6.45) is 7.78. The molecule has 2 rings (SSSR count). The van der Waals surface area contributed by atoms with Crippen LogP contribution in [0.25, 0.3) is 5.57 Å². The summed E-state index contributed by atoms with van der Waals surface area (Å²) >= 11 is 0. The molecule has 0 amide bonds. The van der Waals surface area contributed by atoms with E-state index in [9.17, 15) is 0 Å². The molecule has 0 saturated heterocycles. The third-order valence-electron chi connectivity index (χ3n) is 3.32. The Balaban J connectivity index is 2.42. The number of pyridine rings is 1. The van der Waals surface area contributed by atoms with E-state index >= 15 is 0 Å². The van der Waals surface area contributed by atoms with E-state index in [1.807, 2.05) is 20.2 Å². The summed E-state index contributed by atoms with van der Waals surface area (Å²) in [4.78, 5) is 4.39. The summed E-state index contributed by atoms with van der Waals surface area (Å²) in [7, 11) is 2.00. The quantitative estimate of drug-likeness (QED) is 0.838. The third-order valence-corrected chi connectivity index (χ3v) is 3.32. The highest BCUT2D eigenvalue weighted by molar-refractivity contribution is 5.77.